The molecule has 0 radical (unpaired) electrons. The lowest BCUT2D eigenvalue weighted by atomic mass is 10.0. The summed E-state index contributed by atoms with van der Waals surface area (Å²) >= 11 is 0. The van der Waals surface area contributed by atoms with E-state index in [9.17, 15) is 47.9 Å². The van der Waals surface area contributed by atoms with Crippen molar-refractivity contribution in [2.75, 3.05) is 99.1 Å². The highest BCUT2D eigenvalue weighted by Crippen LogP contribution is 2.40. The number of hydrogen-bond donors (Lipinski definition) is 0. The van der Waals surface area contributed by atoms with E-state index in [1.165, 1.54) is 74.4 Å². The summed E-state index contributed by atoms with van der Waals surface area (Å²) in [7, 11) is 0. The zero-order chi connectivity index (χ0) is 67.2. The quantitative estimate of drug-likeness (QED) is 0.0524. The SMILES string of the molecule is CC(=O)OC[C@H]1O[C@@H](OCCOCCOc2cc(C(=O)OC(C)(C)C)cc(OCCOCCO[C@H]3C[C@@H](OC(C)=O)[C@@H](OC(C)=O)[C@@H](COC(C)=O)O3)c2OCCOCCO[C@H]2C[C@@H](OC(C)=O)[C@@H](OC(C)=O)[C@@H](COC(C)=O)O2)C[C@@H](OC(C)=O)[C@H]1OC(C)=O. The van der Waals surface area contributed by atoms with E-state index in [2.05, 4.69) is 0 Å². The average molecular weight is 1310 g/mol. The molecule has 4 rings (SSSR count). The van der Waals surface area contributed by atoms with Gasteiger partial charge in [-0.1, -0.05) is 0 Å². The van der Waals surface area contributed by atoms with E-state index in [0.717, 1.165) is 0 Å². The summed E-state index contributed by atoms with van der Waals surface area (Å²) in [5.41, 5.74) is -0.898. The zero-order valence-electron chi connectivity index (χ0n) is 53.4. The minimum atomic E-state index is -1.10. The summed E-state index contributed by atoms with van der Waals surface area (Å²) in [6, 6.07) is 2.80. The molecule has 0 bridgehead atoms. The largest absolute Gasteiger partial charge is 0.487 e. The molecule has 3 aliphatic rings. The number of benzene rings is 1. The second-order valence-electron chi connectivity index (χ2n) is 21.4. The third kappa shape index (κ3) is 29.9. The van der Waals surface area contributed by atoms with Gasteiger partial charge in [0, 0.05) is 81.6 Å². The Morgan fingerprint density at radius 2 is 0.670 bits per heavy atom. The molecule has 3 fully saturated rings. The van der Waals surface area contributed by atoms with Crippen LogP contribution in [0.3, 0.4) is 0 Å². The third-order valence-electron chi connectivity index (χ3n) is 12.4. The van der Waals surface area contributed by atoms with Gasteiger partial charge in [-0.3, -0.25) is 43.2 Å². The van der Waals surface area contributed by atoms with Gasteiger partial charge in [0.05, 0.1) is 65.0 Å². The van der Waals surface area contributed by atoms with Crippen molar-refractivity contribution in [1.82, 2.24) is 0 Å². The van der Waals surface area contributed by atoms with Gasteiger partial charge in [0.2, 0.25) is 5.75 Å². The molecule has 0 unspecified atom stereocenters. The van der Waals surface area contributed by atoms with E-state index in [4.69, 9.17) is 104 Å². The Labute approximate surface area is 526 Å². The summed E-state index contributed by atoms with van der Waals surface area (Å²) in [5, 5.41) is 0. The third-order valence-corrected chi connectivity index (χ3v) is 12.4. The Bertz CT molecular complexity index is 2420. The summed E-state index contributed by atoms with van der Waals surface area (Å²) < 4.78 is 125. The summed E-state index contributed by atoms with van der Waals surface area (Å²) in [5.74, 6) is -6.50. The van der Waals surface area contributed by atoms with Crippen LogP contribution in [0.25, 0.3) is 0 Å². The predicted octanol–water partition coefficient (Wildman–Crippen LogP) is 2.50. The molecule has 0 amide bonds. The first kappa shape index (κ1) is 76.4. The van der Waals surface area contributed by atoms with Crippen LogP contribution in [0.2, 0.25) is 0 Å². The van der Waals surface area contributed by atoms with Crippen molar-refractivity contribution in [1.29, 1.82) is 0 Å². The molecule has 0 saturated carbocycles. The fourth-order valence-electron chi connectivity index (χ4n) is 9.05. The number of carbonyl (C=O) groups is 10. The van der Waals surface area contributed by atoms with Crippen LogP contribution < -0.4 is 14.2 Å². The van der Waals surface area contributed by atoms with Gasteiger partial charge < -0.3 is 104 Å². The predicted molar refractivity (Wildman–Crippen MR) is 301 cm³/mol. The molecular weight excluding hydrogens is 1220 g/mol. The first-order chi connectivity index (χ1) is 43.1. The summed E-state index contributed by atoms with van der Waals surface area (Å²) in [6.45, 7) is 14.0. The lowest BCUT2D eigenvalue weighted by molar-refractivity contribution is -0.267. The van der Waals surface area contributed by atoms with E-state index in [0.29, 0.717) is 0 Å². The number of carbonyl (C=O) groups excluding carboxylic acids is 10. The van der Waals surface area contributed by atoms with E-state index in [1.54, 1.807) is 20.8 Å². The van der Waals surface area contributed by atoms with Gasteiger partial charge in [-0.2, -0.15) is 0 Å². The summed E-state index contributed by atoms with van der Waals surface area (Å²) in [4.78, 5) is 121. The fourth-order valence-corrected chi connectivity index (χ4v) is 9.05. The standard InChI is InChI=1S/C59H86O32/c1-33(60)79-30-48-55(85-39(7)66)45(82-36(4)63)27-51(88-48)75-21-15-70-13-19-73-43-25-42(58(69)91-59(10,11)12)26-44(74-20-14-71-16-22-76-52-28-46(83-37(5)64)56(86-40(8)67)49(89-52)31-80-34(2)61)54(43)78-24-18-72-17-23-77-53-29-47(84-38(6)65)57(87-41(9)68)50(90-53)32-81-35(3)62/h25-26,45-53,55-57H,13-24,27-32H2,1-12H3/t45-,46-,47-,48-,49-,50-,51-,52-,53-,55-,56-,57-/m1/s1. The second kappa shape index (κ2) is 39.4. The van der Waals surface area contributed by atoms with Crippen LogP contribution in [-0.2, 0) is 133 Å². The Morgan fingerprint density at radius 3 is 0.945 bits per heavy atom. The molecule has 91 heavy (non-hydrogen) atoms. The second-order valence-corrected chi connectivity index (χ2v) is 21.4. The molecule has 0 N–H and O–H groups in total. The Morgan fingerprint density at radius 1 is 0.385 bits per heavy atom. The van der Waals surface area contributed by atoms with Crippen LogP contribution in [-0.4, -0.2) is 238 Å². The molecule has 0 aliphatic carbocycles. The first-order valence-corrected chi connectivity index (χ1v) is 29.3. The Balaban J connectivity index is 1.46. The zero-order valence-corrected chi connectivity index (χ0v) is 53.4. The monoisotopic (exact) mass is 1310 g/mol. The van der Waals surface area contributed by atoms with Gasteiger partial charge in [-0.25, -0.2) is 4.79 Å². The van der Waals surface area contributed by atoms with Gasteiger partial charge in [0.25, 0.3) is 0 Å². The van der Waals surface area contributed by atoms with Crippen molar-refractivity contribution < 1.29 is 152 Å². The number of rotatable bonds is 37. The molecule has 12 atom stereocenters. The lowest BCUT2D eigenvalue weighted by Crippen LogP contribution is -2.54. The maximum Gasteiger partial charge on any atom is 0.338 e. The topological polar surface area (TPSA) is 374 Å². The molecule has 32 heteroatoms. The maximum atomic E-state index is 13.6. The van der Waals surface area contributed by atoms with Gasteiger partial charge in [0.15, 0.2) is 48.7 Å². The number of ether oxygens (including phenoxy) is 22. The number of hydrogen-bond acceptors (Lipinski definition) is 32. The van der Waals surface area contributed by atoms with Gasteiger partial charge in [-0.05, 0) is 32.9 Å². The fraction of sp³-hybridized carbons (Fsp3) is 0.729. The molecule has 514 valence electrons. The molecule has 0 aromatic heterocycles. The first-order valence-electron chi connectivity index (χ1n) is 29.3. The molecular formula is C59H86O32. The smallest absolute Gasteiger partial charge is 0.338 e. The maximum absolute atomic E-state index is 13.6. The van der Waals surface area contributed by atoms with Crippen molar-refractivity contribution in [3.8, 4) is 17.2 Å². The molecule has 3 saturated heterocycles. The van der Waals surface area contributed by atoms with Crippen LogP contribution in [0.4, 0.5) is 0 Å². The lowest BCUT2D eigenvalue weighted by Gasteiger charge is -2.39. The van der Waals surface area contributed by atoms with Crippen LogP contribution in [0.1, 0.15) is 113 Å². The van der Waals surface area contributed by atoms with Crippen molar-refractivity contribution >= 4 is 59.7 Å². The Hall–Kier alpha value is -7.04. The minimum Gasteiger partial charge on any atom is -0.487 e. The van der Waals surface area contributed by atoms with Gasteiger partial charge in [-0.15, -0.1) is 0 Å². The highest BCUT2D eigenvalue weighted by atomic mass is 16.7. The van der Waals surface area contributed by atoms with Crippen molar-refractivity contribution in [3.63, 3.8) is 0 Å². The summed E-state index contributed by atoms with van der Waals surface area (Å²) in [6.07, 6.45) is -12.5. The molecule has 1 aromatic carbocycles. The van der Waals surface area contributed by atoms with E-state index in [1.807, 2.05) is 0 Å². The van der Waals surface area contributed by atoms with Gasteiger partial charge >= 0.3 is 59.7 Å². The van der Waals surface area contributed by atoms with Crippen LogP contribution in [0.15, 0.2) is 12.1 Å². The normalized spacial score (nSPS) is 23.8. The minimum absolute atomic E-state index is 0.00978. The molecule has 1 aromatic rings. The van der Waals surface area contributed by atoms with Crippen molar-refractivity contribution in [2.45, 2.75) is 182 Å². The van der Waals surface area contributed by atoms with Crippen LogP contribution in [0.5, 0.6) is 17.2 Å². The van der Waals surface area contributed by atoms with Crippen molar-refractivity contribution in [2.24, 2.45) is 0 Å². The Kier molecular flexibility index (Phi) is 33.1. The van der Waals surface area contributed by atoms with Crippen molar-refractivity contribution in [3.05, 3.63) is 17.7 Å². The average Bonchev–Trinajstić information content (AvgIpc) is 1.00. The highest BCUT2D eigenvalue weighted by Gasteiger charge is 2.47. The molecule has 3 heterocycles. The number of esters is 10. The highest BCUT2D eigenvalue weighted by molar-refractivity contribution is 5.91. The molecule has 32 nitrogen and oxygen atoms in total. The van der Waals surface area contributed by atoms with E-state index >= 15 is 0 Å². The van der Waals surface area contributed by atoms with E-state index in [-0.39, 0.29) is 141 Å². The van der Waals surface area contributed by atoms with Crippen LogP contribution in [0, 0.1) is 0 Å². The molecule has 0 spiro atoms. The molecule has 3 aliphatic heterocycles. The van der Waals surface area contributed by atoms with E-state index < -0.39 is 139 Å². The van der Waals surface area contributed by atoms with Crippen LogP contribution >= 0.6 is 0 Å². The van der Waals surface area contributed by atoms with Gasteiger partial charge in [0.1, 0.15) is 81.9 Å².